The summed E-state index contributed by atoms with van der Waals surface area (Å²) >= 11 is 0. The van der Waals surface area contributed by atoms with Gasteiger partial charge in [0.05, 0.1) is 0 Å². The lowest BCUT2D eigenvalue weighted by atomic mass is 10.1. The summed E-state index contributed by atoms with van der Waals surface area (Å²) in [6.45, 7) is 0. The predicted molar refractivity (Wildman–Crippen MR) is 56.2 cm³/mol. The predicted octanol–water partition coefficient (Wildman–Crippen LogP) is 0.616. The Kier molecular flexibility index (Phi) is 2.82. The Morgan fingerprint density at radius 2 is 2.06 bits per heavy atom. The molecule has 5 nitrogen and oxygen atoms in total. The first-order valence-electron chi connectivity index (χ1n) is 4.72. The number of nitrogens with one attached hydrogen (secondary N) is 1. The molecule has 7 heteroatoms. The maximum Gasteiger partial charge on any atom is 0.349 e. The molecule has 0 aliphatic rings. The number of benzene rings is 1. The lowest BCUT2D eigenvalue weighted by Gasteiger charge is -2.03. The maximum atomic E-state index is 13.3. The van der Waals surface area contributed by atoms with Gasteiger partial charge in [0.25, 0.3) is 0 Å². The summed E-state index contributed by atoms with van der Waals surface area (Å²) in [7, 11) is 0. The van der Waals surface area contributed by atoms with Crippen LogP contribution in [0.15, 0.2) is 23.0 Å². The molecule has 0 amide bonds. The minimum absolute atomic E-state index is 0.0639. The molecule has 0 radical (unpaired) electrons. The first-order chi connectivity index (χ1) is 8.06. The van der Waals surface area contributed by atoms with E-state index in [2.05, 4.69) is 15.0 Å². The van der Waals surface area contributed by atoms with Crippen LogP contribution in [0.2, 0.25) is 0 Å². The molecule has 0 unspecified atom stereocenters. The largest absolute Gasteiger partial charge is 0.368 e. The van der Waals surface area contributed by atoms with Crippen LogP contribution < -0.4 is 11.4 Å². The number of nitrogen functional groups attached to an aromatic ring is 1. The van der Waals surface area contributed by atoms with Crippen molar-refractivity contribution in [1.82, 2.24) is 15.0 Å². The van der Waals surface area contributed by atoms with E-state index in [0.29, 0.717) is 0 Å². The third-order valence-electron chi connectivity index (χ3n) is 2.11. The van der Waals surface area contributed by atoms with Crippen molar-refractivity contribution in [2.45, 2.75) is 6.42 Å². The Balaban J connectivity index is 2.38. The lowest BCUT2D eigenvalue weighted by molar-refractivity contribution is 0.500. The minimum Gasteiger partial charge on any atom is -0.368 e. The highest BCUT2D eigenvalue weighted by Crippen LogP contribution is 2.13. The van der Waals surface area contributed by atoms with Gasteiger partial charge < -0.3 is 5.73 Å². The summed E-state index contributed by atoms with van der Waals surface area (Å²) < 4.78 is 26.3. The van der Waals surface area contributed by atoms with Gasteiger partial charge in [0.1, 0.15) is 5.82 Å². The molecule has 3 N–H and O–H groups in total. The number of nitrogens with two attached hydrogens (primary N) is 1. The Hall–Kier alpha value is -2.31. The van der Waals surface area contributed by atoms with Crippen LogP contribution >= 0.6 is 0 Å². The van der Waals surface area contributed by atoms with E-state index >= 15 is 0 Å². The molecule has 2 aromatic rings. The molecule has 1 aromatic carbocycles. The van der Waals surface area contributed by atoms with E-state index < -0.39 is 17.3 Å². The van der Waals surface area contributed by atoms with E-state index in [1.807, 2.05) is 0 Å². The normalized spacial score (nSPS) is 10.5. The van der Waals surface area contributed by atoms with Crippen LogP contribution in [0.4, 0.5) is 14.7 Å². The summed E-state index contributed by atoms with van der Waals surface area (Å²) in [5.74, 6) is -2.00. The Morgan fingerprint density at radius 1 is 1.29 bits per heavy atom. The van der Waals surface area contributed by atoms with Gasteiger partial charge in [-0.15, -0.1) is 0 Å². The molecule has 0 aliphatic heterocycles. The number of halogens is 2. The molecule has 0 atom stereocenters. The van der Waals surface area contributed by atoms with E-state index in [4.69, 9.17) is 5.73 Å². The molecule has 0 saturated carbocycles. The standard InChI is InChI=1S/C10H8F2N4O/c11-6-3-1-2-5(8(6)12)4-7-14-9(13)16-10(17)15-7/h1-3H,4H2,(H3,13,14,15,16,17). The second-order valence-corrected chi connectivity index (χ2v) is 3.35. The van der Waals surface area contributed by atoms with Crippen LogP contribution in [0.25, 0.3) is 0 Å². The number of nitrogens with zero attached hydrogens (tertiary/aromatic N) is 2. The van der Waals surface area contributed by atoms with Crippen LogP contribution in [-0.4, -0.2) is 15.0 Å². The molecule has 0 bridgehead atoms. The third kappa shape index (κ3) is 2.44. The fraction of sp³-hybridized carbons (Fsp3) is 0.100. The summed E-state index contributed by atoms with van der Waals surface area (Å²) in [6.07, 6.45) is -0.0639. The van der Waals surface area contributed by atoms with Gasteiger partial charge in [-0.05, 0) is 11.6 Å². The molecule has 1 aromatic heterocycles. The molecule has 17 heavy (non-hydrogen) atoms. The monoisotopic (exact) mass is 238 g/mol. The molecule has 0 saturated heterocycles. The molecule has 0 fully saturated rings. The number of hydrogen-bond acceptors (Lipinski definition) is 4. The van der Waals surface area contributed by atoms with Gasteiger partial charge in [-0.2, -0.15) is 9.97 Å². The summed E-state index contributed by atoms with van der Waals surface area (Å²) in [5.41, 5.74) is 4.68. The molecule has 0 spiro atoms. The van der Waals surface area contributed by atoms with Crippen molar-refractivity contribution in [3.8, 4) is 0 Å². The number of rotatable bonds is 2. The van der Waals surface area contributed by atoms with Crippen LogP contribution in [-0.2, 0) is 6.42 Å². The molecule has 2 rings (SSSR count). The Bertz CT molecular complexity index is 611. The fourth-order valence-electron chi connectivity index (χ4n) is 1.40. The van der Waals surface area contributed by atoms with Gasteiger partial charge in [-0.1, -0.05) is 12.1 Å². The van der Waals surface area contributed by atoms with Crippen molar-refractivity contribution in [3.63, 3.8) is 0 Å². The zero-order valence-corrected chi connectivity index (χ0v) is 8.58. The van der Waals surface area contributed by atoms with E-state index in [0.717, 1.165) is 6.07 Å². The van der Waals surface area contributed by atoms with Crippen LogP contribution in [0.1, 0.15) is 11.4 Å². The fourth-order valence-corrected chi connectivity index (χ4v) is 1.40. The highest BCUT2D eigenvalue weighted by molar-refractivity contribution is 5.23. The van der Waals surface area contributed by atoms with Gasteiger partial charge in [0.15, 0.2) is 11.6 Å². The highest BCUT2D eigenvalue weighted by Gasteiger charge is 2.09. The van der Waals surface area contributed by atoms with Crippen LogP contribution in [0.5, 0.6) is 0 Å². The van der Waals surface area contributed by atoms with E-state index in [1.165, 1.54) is 12.1 Å². The maximum absolute atomic E-state index is 13.3. The Labute approximate surface area is 94.3 Å². The van der Waals surface area contributed by atoms with Gasteiger partial charge in [0, 0.05) is 6.42 Å². The molecule has 1 heterocycles. The highest BCUT2D eigenvalue weighted by atomic mass is 19.2. The van der Waals surface area contributed by atoms with Crippen molar-refractivity contribution in [2.24, 2.45) is 0 Å². The first-order valence-corrected chi connectivity index (χ1v) is 4.72. The van der Waals surface area contributed by atoms with Crippen molar-refractivity contribution in [3.05, 3.63) is 51.7 Å². The zero-order chi connectivity index (χ0) is 12.4. The number of anilines is 1. The number of aromatic nitrogens is 3. The molecule has 0 aliphatic carbocycles. The minimum atomic E-state index is -0.967. The lowest BCUT2D eigenvalue weighted by Crippen LogP contribution is -2.18. The van der Waals surface area contributed by atoms with Crippen molar-refractivity contribution < 1.29 is 8.78 Å². The third-order valence-corrected chi connectivity index (χ3v) is 2.11. The molecular weight excluding hydrogens is 230 g/mol. The van der Waals surface area contributed by atoms with Crippen LogP contribution in [0.3, 0.4) is 0 Å². The average molecular weight is 238 g/mol. The molecular formula is C10H8F2N4O. The second-order valence-electron chi connectivity index (χ2n) is 3.35. The summed E-state index contributed by atoms with van der Waals surface area (Å²) in [5, 5.41) is 0. The van der Waals surface area contributed by atoms with E-state index in [-0.39, 0.29) is 23.8 Å². The van der Waals surface area contributed by atoms with Crippen LogP contribution in [0, 0.1) is 11.6 Å². The van der Waals surface area contributed by atoms with Gasteiger partial charge in [0.2, 0.25) is 5.95 Å². The SMILES string of the molecule is Nc1nc(Cc2cccc(F)c2F)[nH]c(=O)n1. The smallest absolute Gasteiger partial charge is 0.349 e. The summed E-state index contributed by atoms with van der Waals surface area (Å²) in [4.78, 5) is 20.3. The number of H-pyrrole nitrogens is 1. The summed E-state index contributed by atoms with van der Waals surface area (Å²) in [6, 6.07) is 3.78. The van der Waals surface area contributed by atoms with Gasteiger partial charge in [-0.25, -0.2) is 13.6 Å². The average Bonchev–Trinajstić information content (AvgIpc) is 2.23. The van der Waals surface area contributed by atoms with E-state index in [1.54, 1.807) is 0 Å². The second kappa shape index (κ2) is 4.28. The first kappa shape index (κ1) is 11.2. The molecule has 88 valence electrons. The zero-order valence-electron chi connectivity index (χ0n) is 8.58. The van der Waals surface area contributed by atoms with Crippen molar-refractivity contribution >= 4 is 5.95 Å². The van der Waals surface area contributed by atoms with Crippen molar-refractivity contribution in [2.75, 3.05) is 5.73 Å². The van der Waals surface area contributed by atoms with Crippen molar-refractivity contribution in [1.29, 1.82) is 0 Å². The Morgan fingerprint density at radius 3 is 2.76 bits per heavy atom. The van der Waals surface area contributed by atoms with E-state index in [9.17, 15) is 13.6 Å². The van der Waals surface area contributed by atoms with Gasteiger partial charge >= 0.3 is 5.69 Å². The quantitative estimate of drug-likeness (QED) is 0.803. The van der Waals surface area contributed by atoms with Gasteiger partial charge in [-0.3, -0.25) is 4.98 Å². The number of hydrogen-bond donors (Lipinski definition) is 2. The topological polar surface area (TPSA) is 84.7 Å². The number of aromatic amines is 1.